The van der Waals surface area contributed by atoms with Gasteiger partial charge in [-0.05, 0) is 19.8 Å². The summed E-state index contributed by atoms with van der Waals surface area (Å²) in [7, 11) is 0. The van der Waals surface area contributed by atoms with Crippen molar-refractivity contribution in [3.63, 3.8) is 0 Å². The Bertz CT molecular complexity index is 455. The molecule has 0 amide bonds. The zero-order chi connectivity index (χ0) is 13.1. The highest BCUT2D eigenvalue weighted by atomic mass is 35.5. The summed E-state index contributed by atoms with van der Waals surface area (Å²) < 4.78 is 0. The molecule has 1 unspecified atom stereocenters. The molecule has 1 aliphatic rings. The van der Waals surface area contributed by atoms with E-state index in [-0.39, 0.29) is 16.9 Å². The van der Waals surface area contributed by atoms with Gasteiger partial charge < -0.3 is 4.90 Å². The minimum absolute atomic E-state index is 0.0959. The Morgan fingerprint density at radius 2 is 2.22 bits per heavy atom. The van der Waals surface area contributed by atoms with Gasteiger partial charge in [0.2, 0.25) is 11.0 Å². The first kappa shape index (κ1) is 13.0. The SMILES string of the molecule is CC1CCCCCN1c1ncnc(Cl)c1[N+](=O)[O-]. The molecule has 18 heavy (non-hydrogen) atoms. The smallest absolute Gasteiger partial charge is 0.348 e. The maximum atomic E-state index is 11.1. The Morgan fingerprint density at radius 3 is 2.94 bits per heavy atom. The number of aromatic nitrogens is 2. The number of hydrogen-bond donors (Lipinski definition) is 0. The van der Waals surface area contributed by atoms with Crippen LogP contribution in [0.3, 0.4) is 0 Å². The summed E-state index contributed by atoms with van der Waals surface area (Å²) in [4.78, 5) is 20.3. The lowest BCUT2D eigenvalue weighted by Gasteiger charge is -2.27. The molecule has 0 aliphatic carbocycles. The van der Waals surface area contributed by atoms with Crippen LogP contribution in [0.5, 0.6) is 0 Å². The first-order valence-corrected chi connectivity index (χ1v) is 6.40. The molecule has 1 atom stereocenters. The molecular formula is C11H15ClN4O2. The molecule has 0 saturated carbocycles. The van der Waals surface area contributed by atoms with Crippen molar-refractivity contribution in [1.29, 1.82) is 0 Å². The average Bonchev–Trinajstić information content (AvgIpc) is 2.53. The van der Waals surface area contributed by atoms with E-state index in [1.807, 2.05) is 4.90 Å². The van der Waals surface area contributed by atoms with Crippen LogP contribution in [0.4, 0.5) is 11.5 Å². The number of nitro groups is 1. The van der Waals surface area contributed by atoms with E-state index in [1.165, 1.54) is 6.33 Å². The van der Waals surface area contributed by atoms with Crippen LogP contribution in [-0.4, -0.2) is 27.5 Å². The van der Waals surface area contributed by atoms with Crippen molar-refractivity contribution in [1.82, 2.24) is 9.97 Å². The van der Waals surface area contributed by atoms with Crippen molar-refractivity contribution >= 4 is 23.1 Å². The Kier molecular flexibility index (Phi) is 3.96. The van der Waals surface area contributed by atoms with Crippen molar-refractivity contribution in [3.8, 4) is 0 Å². The van der Waals surface area contributed by atoms with Crippen LogP contribution in [-0.2, 0) is 0 Å². The number of anilines is 1. The molecule has 0 aromatic carbocycles. The second-order valence-electron chi connectivity index (χ2n) is 4.49. The molecule has 1 aliphatic heterocycles. The number of rotatable bonds is 2. The minimum atomic E-state index is -0.505. The van der Waals surface area contributed by atoms with Gasteiger partial charge in [0.05, 0.1) is 4.92 Å². The van der Waals surface area contributed by atoms with Gasteiger partial charge in [-0.3, -0.25) is 10.1 Å². The zero-order valence-corrected chi connectivity index (χ0v) is 10.9. The Hall–Kier alpha value is -1.43. The number of hydrogen-bond acceptors (Lipinski definition) is 5. The molecule has 2 heterocycles. The monoisotopic (exact) mass is 270 g/mol. The van der Waals surface area contributed by atoms with E-state index >= 15 is 0 Å². The van der Waals surface area contributed by atoms with E-state index in [4.69, 9.17) is 11.6 Å². The standard InChI is InChI=1S/C11H15ClN4O2/c1-8-5-3-2-4-6-15(8)11-9(16(17)18)10(12)13-7-14-11/h7-8H,2-6H2,1H3. The van der Waals surface area contributed by atoms with Crippen LogP contribution in [0.25, 0.3) is 0 Å². The molecule has 2 rings (SSSR count). The third-order valence-corrected chi connectivity index (χ3v) is 3.54. The third-order valence-electron chi connectivity index (χ3n) is 3.27. The molecule has 98 valence electrons. The summed E-state index contributed by atoms with van der Waals surface area (Å²) in [5.74, 6) is 0.342. The Labute approximate surface area is 110 Å². The van der Waals surface area contributed by atoms with Crippen molar-refractivity contribution in [2.24, 2.45) is 0 Å². The van der Waals surface area contributed by atoms with Crippen molar-refractivity contribution in [2.45, 2.75) is 38.6 Å². The van der Waals surface area contributed by atoms with E-state index in [2.05, 4.69) is 16.9 Å². The van der Waals surface area contributed by atoms with E-state index in [0.717, 1.165) is 32.2 Å². The van der Waals surface area contributed by atoms with Gasteiger partial charge in [-0.1, -0.05) is 24.4 Å². The quantitative estimate of drug-likeness (QED) is 0.469. The highest BCUT2D eigenvalue weighted by Gasteiger charge is 2.29. The van der Waals surface area contributed by atoms with Gasteiger partial charge >= 0.3 is 5.69 Å². The second-order valence-corrected chi connectivity index (χ2v) is 4.84. The van der Waals surface area contributed by atoms with Crippen LogP contribution >= 0.6 is 11.6 Å². The number of nitrogens with zero attached hydrogens (tertiary/aromatic N) is 4. The largest absolute Gasteiger partial charge is 0.348 e. The van der Waals surface area contributed by atoms with Gasteiger partial charge in [0.15, 0.2) is 0 Å². The van der Waals surface area contributed by atoms with Crippen LogP contribution in [0, 0.1) is 10.1 Å². The normalized spacial score (nSPS) is 20.6. The topological polar surface area (TPSA) is 72.2 Å². The van der Waals surface area contributed by atoms with E-state index in [1.54, 1.807) is 0 Å². The van der Waals surface area contributed by atoms with E-state index < -0.39 is 4.92 Å². The molecule has 1 aromatic heterocycles. The minimum Gasteiger partial charge on any atom is -0.348 e. The summed E-state index contributed by atoms with van der Waals surface area (Å²) in [5.41, 5.74) is -0.187. The number of halogens is 1. The summed E-state index contributed by atoms with van der Waals surface area (Å²) in [6.07, 6.45) is 5.60. The van der Waals surface area contributed by atoms with Crippen LogP contribution in [0.1, 0.15) is 32.6 Å². The maximum absolute atomic E-state index is 11.1. The molecule has 1 saturated heterocycles. The van der Waals surface area contributed by atoms with Crippen molar-refractivity contribution in [3.05, 3.63) is 21.6 Å². The predicted octanol–water partition coefficient (Wildman–Crippen LogP) is 2.81. The van der Waals surface area contributed by atoms with E-state index in [9.17, 15) is 10.1 Å². The third kappa shape index (κ3) is 2.53. The molecule has 0 N–H and O–H groups in total. The highest BCUT2D eigenvalue weighted by molar-refractivity contribution is 6.31. The van der Waals surface area contributed by atoms with Gasteiger partial charge in [-0.15, -0.1) is 0 Å². The lowest BCUT2D eigenvalue weighted by molar-refractivity contribution is -0.384. The van der Waals surface area contributed by atoms with Gasteiger partial charge in [-0.25, -0.2) is 9.97 Å². The molecule has 0 bridgehead atoms. The van der Waals surface area contributed by atoms with Crippen molar-refractivity contribution in [2.75, 3.05) is 11.4 Å². The lowest BCUT2D eigenvalue weighted by atomic mass is 10.1. The maximum Gasteiger partial charge on any atom is 0.348 e. The van der Waals surface area contributed by atoms with Gasteiger partial charge in [0.1, 0.15) is 6.33 Å². The summed E-state index contributed by atoms with van der Waals surface area (Å²) in [6.45, 7) is 2.83. The van der Waals surface area contributed by atoms with Crippen LogP contribution < -0.4 is 4.90 Å². The fourth-order valence-electron chi connectivity index (χ4n) is 2.31. The molecule has 0 radical (unpaired) electrons. The van der Waals surface area contributed by atoms with Gasteiger partial charge in [-0.2, -0.15) is 0 Å². The Morgan fingerprint density at radius 1 is 1.44 bits per heavy atom. The zero-order valence-electron chi connectivity index (χ0n) is 10.2. The average molecular weight is 271 g/mol. The molecule has 7 heteroatoms. The predicted molar refractivity (Wildman–Crippen MR) is 69.0 cm³/mol. The van der Waals surface area contributed by atoms with E-state index in [0.29, 0.717) is 5.82 Å². The highest BCUT2D eigenvalue weighted by Crippen LogP contribution is 2.34. The van der Waals surface area contributed by atoms with Gasteiger partial charge in [0.25, 0.3) is 0 Å². The van der Waals surface area contributed by atoms with Crippen molar-refractivity contribution < 1.29 is 4.92 Å². The molecule has 1 fully saturated rings. The summed E-state index contributed by atoms with van der Waals surface area (Å²) in [6, 6.07) is 0.233. The summed E-state index contributed by atoms with van der Waals surface area (Å²) >= 11 is 5.81. The molecule has 6 nitrogen and oxygen atoms in total. The molecule has 1 aromatic rings. The van der Waals surface area contributed by atoms with Crippen LogP contribution in [0.15, 0.2) is 6.33 Å². The summed E-state index contributed by atoms with van der Waals surface area (Å²) in [5, 5.41) is 11.0. The van der Waals surface area contributed by atoms with Gasteiger partial charge in [0, 0.05) is 12.6 Å². The molecule has 0 spiro atoms. The van der Waals surface area contributed by atoms with Crippen LogP contribution in [0.2, 0.25) is 5.15 Å². The molecular weight excluding hydrogens is 256 g/mol. The second kappa shape index (κ2) is 5.48. The lowest BCUT2D eigenvalue weighted by Crippen LogP contribution is -2.33. The first-order valence-electron chi connectivity index (χ1n) is 6.02. The first-order chi connectivity index (χ1) is 8.61. The Balaban J connectivity index is 2.42. The fourth-order valence-corrected chi connectivity index (χ4v) is 2.50. The fraction of sp³-hybridized carbons (Fsp3) is 0.636.